The number of likely N-dealkylation sites (N-methyl/N-ethyl adjacent to an activating group) is 1. The second kappa shape index (κ2) is 11.2. The van der Waals surface area contributed by atoms with E-state index < -0.39 is 0 Å². The van der Waals surface area contributed by atoms with Crippen molar-refractivity contribution in [2.75, 3.05) is 25.5 Å². The smallest absolute Gasteiger partial charge is 0.286 e. The number of benzene rings is 2. The highest BCUT2D eigenvalue weighted by molar-refractivity contribution is 7.13. The van der Waals surface area contributed by atoms with E-state index in [9.17, 15) is 9.59 Å². The monoisotopic (exact) mass is 423 g/mol. The van der Waals surface area contributed by atoms with Crippen LogP contribution in [0.25, 0.3) is 0 Å². The second-order valence-corrected chi connectivity index (χ2v) is 7.96. The molecule has 2 aromatic carbocycles. The summed E-state index contributed by atoms with van der Waals surface area (Å²) in [4.78, 5) is 26.5. The molecule has 8 heteroatoms. The van der Waals surface area contributed by atoms with Crippen LogP contribution in [0.5, 0.6) is 0 Å². The summed E-state index contributed by atoms with van der Waals surface area (Å²) in [5, 5.41) is 14.6. The van der Waals surface area contributed by atoms with E-state index in [0.29, 0.717) is 30.1 Å². The summed E-state index contributed by atoms with van der Waals surface area (Å²) in [5.74, 6) is -0.329. The minimum absolute atomic E-state index is 0.0337. The lowest BCUT2D eigenvalue weighted by Gasteiger charge is -2.16. The first kappa shape index (κ1) is 21.6. The third kappa shape index (κ3) is 7.06. The highest BCUT2D eigenvalue weighted by Crippen LogP contribution is 2.14. The van der Waals surface area contributed by atoms with Crippen LogP contribution in [0.15, 0.2) is 60.7 Å². The quantitative estimate of drug-likeness (QED) is 0.524. The van der Waals surface area contributed by atoms with Crippen LogP contribution in [0.1, 0.15) is 26.8 Å². The number of hydrogen-bond donors (Lipinski definition) is 2. The maximum absolute atomic E-state index is 12.2. The van der Waals surface area contributed by atoms with Crippen molar-refractivity contribution in [2.24, 2.45) is 0 Å². The van der Waals surface area contributed by atoms with Gasteiger partial charge in [-0.2, -0.15) is 0 Å². The van der Waals surface area contributed by atoms with Gasteiger partial charge in [-0.15, -0.1) is 10.2 Å². The normalized spacial score (nSPS) is 10.7. The molecule has 0 saturated heterocycles. The molecule has 0 aliphatic carbocycles. The molecule has 0 aliphatic rings. The molecular weight excluding hydrogens is 398 g/mol. The van der Waals surface area contributed by atoms with E-state index in [0.717, 1.165) is 13.1 Å². The maximum Gasteiger partial charge on any atom is 0.286 e. The lowest BCUT2D eigenvalue weighted by molar-refractivity contribution is -0.121. The topological polar surface area (TPSA) is 87.2 Å². The van der Waals surface area contributed by atoms with Gasteiger partial charge in [-0.1, -0.05) is 59.9 Å². The first-order valence-corrected chi connectivity index (χ1v) is 10.6. The SMILES string of the molecule is CN(CCNC(=O)CCc1nnc(C(=O)Nc2ccccc2)s1)Cc1ccccc1. The van der Waals surface area contributed by atoms with Crippen molar-refractivity contribution in [1.82, 2.24) is 20.4 Å². The molecule has 0 bridgehead atoms. The average Bonchev–Trinajstić information content (AvgIpc) is 3.23. The number of rotatable bonds is 10. The first-order valence-electron chi connectivity index (χ1n) is 9.78. The van der Waals surface area contributed by atoms with Gasteiger partial charge in [0.05, 0.1) is 0 Å². The Morgan fingerprint density at radius 2 is 1.70 bits per heavy atom. The zero-order valence-corrected chi connectivity index (χ0v) is 17.7. The van der Waals surface area contributed by atoms with E-state index in [-0.39, 0.29) is 16.8 Å². The molecule has 0 radical (unpaired) electrons. The van der Waals surface area contributed by atoms with Gasteiger partial charge in [0.1, 0.15) is 5.01 Å². The summed E-state index contributed by atoms with van der Waals surface area (Å²) in [6.07, 6.45) is 0.777. The van der Waals surface area contributed by atoms with E-state index >= 15 is 0 Å². The van der Waals surface area contributed by atoms with Crippen molar-refractivity contribution in [3.05, 3.63) is 76.2 Å². The van der Waals surface area contributed by atoms with Gasteiger partial charge in [-0.3, -0.25) is 9.59 Å². The van der Waals surface area contributed by atoms with Crippen LogP contribution >= 0.6 is 11.3 Å². The summed E-state index contributed by atoms with van der Waals surface area (Å²) < 4.78 is 0. The van der Waals surface area contributed by atoms with E-state index in [1.807, 2.05) is 55.6 Å². The van der Waals surface area contributed by atoms with E-state index in [4.69, 9.17) is 0 Å². The highest BCUT2D eigenvalue weighted by atomic mass is 32.1. The van der Waals surface area contributed by atoms with E-state index in [2.05, 4.69) is 37.9 Å². The Kier molecular flexibility index (Phi) is 8.05. The molecule has 3 aromatic rings. The molecule has 30 heavy (non-hydrogen) atoms. The van der Waals surface area contributed by atoms with Crippen molar-refractivity contribution in [1.29, 1.82) is 0 Å². The minimum atomic E-state index is -0.296. The molecule has 0 spiro atoms. The lowest BCUT2D eigenvalue weighted by atomic mass is 10.2. The number of anilines is 1. The van der Waals surface area contributed by atoms with Crippen LogP contribution in [0.4, 0.5) is 5.69 Å². The molecule has 1 heterocycles. The fourth-order valence-corrected chi connectivity index (χ4v) is 3.56. The molecule has 1 aromatic heterocycles. The fraction of sp³-hybridized carbons (Fsp3) is 0.273. The van der Waals surface area contributed by atoms with Gasteiger partial charge in [0.25, 0.3) is 5.91 Å². The maximum atomic E-state index is 12.2. The van der Waals surface area contributed by atoms with Crippen molar-refractivity contribution in [3.8, 4) is 0 Å². The van der Waals surface area contributed by atoms with Crippen LogP contribution < -0.4 is 10.6 Å². The van der Waals surface area contributed by atoms with Gasteiger partial charge in [-0.05, 0) is 24.7 Å². The third-order valence-electron chi connectivity index (χ3n) is 4.37. The molecule has 156 valence electrons. The fourth-order valence-electron chi connectivity index (χ4n) is 2.82. The van der Waals surface area contributed by atoms with Gasteiger partial charge in [0.15, 0.2) is 0 Å². The number of hydrogen-bond acceptors (Lipinski definition) is 6. The number of nitrogens with one attached hydrogen (secondary N) is 2. The minimum Gasteiger partial charge on any atom is -0.355 e. The molecule has 3 rings (SSSR count). The van der Waals surface area contributed by atoms with Crippen LogP contribution in [0, 0.1) is 0 Å². The molecular formula is C22H25N5O2S. The molecule has 2 amide bonds. The zero-order valence-electron chi connectivity index (χ0n) is 16.9. The lowest BCUT2D eigenvalue weighted by Crippen LogP contribution is -2.32. The molecule has 0 saturated carbocycles. The summed E-state index contributed by atoms with van der Waals surface area (Å²) in [5.41, 5.74) is 1.95. The summed E-state index contributed by atoms with van der Waals surface area (Å²) in [7, 11) is 2.03. The zero-order chi connectivity index (χ0) is 21.2. The largest absolute Gasteiger partial charge is 0.355 e. The second-order valence-electron chi connectivity index (χ2n) is 6.89. The molecule has 0 fully saturated rings. The Labute approximate surface area is 180 Å². The Balaban J connectivity index is 1.35. The number of aryl methyl sites for hydroxylation is 1. The predicted octanol–water partition coefficient (Wildman–Crippen LogP) is 2.97. The number of para-hydroxylation sites is 1. The van der Waals surface area contributed by atoms with Crippen LogP contribution in [-0.4, -0.2) is 47.0 Å². The summed E-state index contributed by atoms with van der Waals surface area (Å²) in [6, 6.07) is 19.4. The Bertz CT molecular complexity index is 946. The number of carbonyl (C=O) groups is 2. The molecule has 0 atom stereocenters. The number of nitrogens with zero attached hydrogens (tertiary/aromatic N) is 3. The summed E-state index contributed by atoms with van der Waals surface area (Å²) in [6.45, 7) is 2.20. The van der Waals surface area contributed by atoms with Crippen LogP contribution in [-0.2, 0) is 17.8 Å². The van der Waals surface area contributed by atoms with Crippen molar-refractivity contribution >= 4 is 28.8 Å². The van der Waals surface area contributed by atoms with Gasteiger partial charge in [0.2, 0.25) is 10.9 Å². The van der Waals surface area contributed by atoms with E-state index in [1.165, 1.54) is 16.9 Å². The third-order valence-corrected chi connectivity index (χ3v) is 5.35. The highest BCUT2D eigenvalue weighted by Gasteiger charge is 2.14. The average molecular weight is 424 g/mol. The Hall–Kier alpha value is -3.10. The van der Waals surface area contributed by atoms with Gasteiger partial charge < -0.3 is 15.5 Å². The van der Waals surface area contributed by atoms with Crippen molar-refractivity contribution in [3.63, 3.8) is 0 Å². The Morgan fingerprint density at radius 3 is 2.43 bits per heavy atom. The standard InChI is InChI=1S/C22H25N5O2S/c1-27(16-17-8-4-2-5-9-17)15-14-23-19(28)12-13-20-25-26-22(30-20)21(29)24-18-10-6-3-7-11-18/h2-11H,12-16H2,1H3,(H,23,28)(H,24,29). The first-order chi connectivity index (χ1) is 14.6. The number of carbonyl (C=O) groups excluding carboxylic acids is 2. The van der Waals surface area contributed by atoms with E-state index in [1.54, 1.807) is 0 Å². The molecule has 0 unspecified atom stereocenters. The number of amides is 2. The van der Waals surface area contributed by atoms with Gasteiger partial charge in [0, 0.05) is 38.2 Å². The summed E-state index contributed by atoms with van der Waals surface area (Å²) >= 11 is 1.21. The predicted molar refractivity (Wildman–Crippen MR) is 118 cm³/mol. The van der Waals surface area contributed by atoms with Gasteiger partial charge >= 0.3 is 0 Å². The molecule has 7 nitrogen and oxygen atoms in total. The van der Waals surface area contributed by atoms with Crippen LogP contribution in [0.3, 0.4) is 0 Å². The molecule has 2 N–H and O–H groups in total. The van der Waals surface area contributed by atoms with Gasteiger partial charge in [-0.25, -0.2) is 0 Å². The van der Waals surface area contributed by atoms with Crippen LogP contribution in [0.2, 0.25) is 0 Å². The van der Waals surface area contributed by atoms with Crippen molar-refractivity contribution in [2.45, 2.75) is 19.4 Å². The Morgan fingerprint density at radius 1 is 1.00 bits per heavy atom. The molecule has 0 aliphatic heterocycles. The number of aromatic nitrogens is 2. The van der Waals surface area contributed by atoms with Crippen molar-refractivity contribution < 1.29 is 9.59 Å².